The average Bonchev–Trinajstić information content (AvgIpc) is 3.27. The van der Waals surface area contributed by atoms with Gasteiger partial charge in [0.1, 0.15) is 4.83 Å². The normalized spacial score (nSPS) is 26.3. The number of nitrogens with one attached hydrogen (secondary N) is 2. The summed E-state index contributed by atoms with van der Waals surface area (Å²) in [5.41, 5.74) is 1.22. The van der Waals surface area contributed by atoms with E-state index in [1.165, 1.54) is 34.0 Å². The number of para-hydroxylation sites is 1. The van der Waals surface area contributed by atoms with Crippen LogP contribution in [0, 0.1) is 5.92 Å². The minimum atomic E-state index is 0.0932. The van der Waals surface area contributed by atoms with Crippen molar-refractivity contribution in [1.29, 1.82) is 0 Å². The van der Waals surface area contributed by atoms with Gasteiger partial charge in [-0.25, -0.2) is 0 Å². The van der Waals surface area contributed by atoms with Crippen LogP contribution in [0.15, 0.2) is 30.3 Å². The number of aryl methyl sites for hydroxylation is 1. The van der Waals surface area contributed by atoms with Gasteiger partial charge in [-0.2, -0.15) is 0 Å². The summed E-state index contributed by atoms with van der Waals surface area (Å²) in [6.45, 7) is 1.05. The van der Waals surface area contributed by atoms with E-state index in [0.29, 0.717) is 18.0 Å². The van der Waals surface area contributed by atoms with E-state index in [1.807, 2.05) is 0 Å². The molecule has 2 aromatic heterocycles. The average molecular weight is 339 g/mol. The van der Waals surface area contributed by atoms with Crippen molar-refractivity contribution in [1.82, 2.24) is 15.2 Å². The lowest BCUT2D eigenvalue weighted by Gasteiger charge is -2.28. The van der Waals surface area contributed by atoms with Gasteiger partial charge in [0.15, 0.2) is 0 Å². The molecule has 4 nitrogen and oxygen atoms in total. The van der Waals surface area contributed by atoms with Crippen LogP contribution < -0.4 is 10.6 Å². The van der Waals surface area contributed by atoms with Crippen LogP contribution in [0.1, 0.15) is 28.9 Å². The Labute approximate surface area is 144 Å². The summed E-state index contributed by atoms with van der Waals surface area (Å²) in [7, 11) is 2.08. The summed E-state index contributed by atoms with van der Waals surface area (Å²) in [6.07, 6.45) is 3.49. The maximum absolute atomic E-state index is 12.8. The number of thiophene rings is 1. The predicted octanol–water partition coefficient (Wildman–Crippen LogP) is 3.26. The molecule has 0 radical (unpaired) electrons. The standard InChI is InChI=1S/C19H21N3OS/c1-22-16-5-3-2-4-13(16)14-9-17(24-19(14)22)18(23)21-15-7-6-12-8-11(15)10-20-12/h2-5,9,11-12,15,20H,6-8,10H2,1H3,(H,21,23). The summed E-state index contributed by atoms with van der Waals surface area (Å²) in [4.78, 5) is 14.8. The SMILES string of the molecule is Cn1c2ccccc2c2cc(C(=O)NC3CCC4CC3CN4)sc21. The molecule has 5 rings (SSSR count). The molecule has 3 heterocycles. The van der Waals surface area contributed by atoms with Crippen molar-refractivity contribution >= 4 is 38.4 Å². The van der Waals surface area contributed by atoms with Crippen LogP contribution in [-0.4, -0.2) is 29.1 Å². The fraction of sp³-hybridized carbons (Fsp3) is 0.421. The number of aromatic nitrogens is 1. The van der Waals surface area contributed by atoms with Crippen LogP contribution in [0.3, 0.4) is 0 Å². The molecule has 2 fully saturated rings. The van der Waals surface area contributed by atoms with Gasteiger partial charge in [-0.1, -0.05) is 18.2 Å². The first-order valence-electron chi connectivity index (χ1n) is 8.72. The minimum Gasteiger partial charge on any atom is -0.348 e. The second kappa shape index (κ2) is 5.33. The van der Waals surface area contributed by atoms with Crippen molar-refractivity contribution in [2.75, 3.05) is 6.54 Å². The predicted molar refractivity (Wildman–Crippen MR) is 98.7 cm³/mol. The van der Waals surface area contributed by atoms with Gasteiger partial charge < -0.3 is 15.2 Å². The highest BCUT2D eigenvalue weighted by molar-refractivity contribution is 7.20. The van der Waals surface area contributed by atoms with Crippen LogP contribution in [0.2, 0.25) is 0 Å². The number of rotatable bonds is 2. The van der Waals surface area contributed by atoms with Gasteiger partial charge in [0, 0.05) is 42.0 Å². The van der Waals surface area contributed by atoms with Gasteiger partial charge in [0.05, 0.1) is 4.88 Å². The van der Waals surface area contributed by atoms with E-state index < -0.39 is 0 Å². The molecule has 3 atom stereocenters. The van der Waals surface area contributed by atoms with Crippen LogP contribution >= 0.6 is 11.3 Å². The topological polar surface area (TPSA) is 46.1 Å². The number of benzene rings is 1. The Morgan fingerprint density at radius 3 is 3.08 bits per heavy atom. The van der Waals surface area contributed by atoms with Crippen molar-refractivity contribution in [3.05, 3.63) is 35.2 Å². The van der Waals surface area contributed by atoms with E-state index in [9.17, 15) is 4.79 Å². The lowest BCUT2D eigenvalue weighted by molar-refractivity contribution is 0.0919. The Bertz CT molecular complexity index is 941. The molecule has 1 amide bonds. The monoisotopic (exact) mass is 339 g/mol. The maximum atomic E-state index is 12.8. The van der Waals surface area contributed by atoms with Gasteiger partial charge in [0.2, 0.25) is 0 Å². The molecule has 1 aliphatic heterocycles. The van der Waals surface area contributed by atoms with Gasteiger partial charge in [0.25, 0.3) is 5.91 Å². The van der Waals surface area contributed by atoms with E-state index in [2.05, 4.69) is 52.6 Å². The number of fused-ring (bicyclic) bond motifs is 5. The first kappa shape index (κ1) is 14.5. The maximum Gasteiger partial charge on any atom is 0.261 e. The zero-order valence-corrected chi connectivity index (χ0v) is 14.5. The summed E-state index contributed by atoms with van der Waals surface area (Å²) < 4.78 is 2.19. The third kappa shape index (κ3) is 2.11. The third-order valence-corrected chi connectivity index (χ3v) is 6.97. The van der Waals surface area contributed by atoms with Gasteiger partial charge in [-0.05, 0) is 37.3 Å². The molecule has 1 saturated carbocycles. The van der Waals surface area contributed by atoms with Crippen LogP contribution in [0.25, 0.3) is 21.1 Å². The van der Waals surface area contributed by atoms with E-state index in [4.69, 9.17) is 0 Å². The lowest BCUT2D eigenvalue weighted by Crippen LogP contribution is -2.42. The Hall–Kier alpha value is -1.85. The van der Waals surface area contributed by atoms with E-state index in [-0.39, 0.29) is 5.91 Å². The number of carbonyl (C=O) groups excluding carboxylic acids is 1. The van der Waals surface area contributed by atoms with Crippen molar-refractivity contribution in [2.24, 2.45) is 13.0 Å². The Morgan fingerprint density at radius 2 is 2.17 bits per heavy atom. The van der Waals surface area contributed by atoms with Gasteiger partial charge in [-0.15, -0.1) is 11.3 Å². The fourth-order valence-electron chi connectivity index (χ4n) is 4.46. The molecule has 5 heteroatoms. The van der Waals surface area contributed by atoms with Crippen LogP contribution in [-0.2, 0) is 7.05 Å². The highest BCUT2D eigenvalue weighted by atomic mass is 32.1. The van der Waals surface area contributed by atoms with Crippen molar-refractivity contribution < 1.29 is 4.79 Å². The molecule has 1 saturated heterocycles. The second-order valence-corrected chi connectivity index (χ2v) is 8.19. The Morgan fingerprint density at radius 1 is 1.29 bits per heavy atom. The molecule has 0 spiro atoms. The zero-order valence-electron chi connectivity index (χ0n) is 13.7. The third-order valence-electron chi connectivity index (χ3n) is 5.76. The van der Waals surface area contributed by atoms with Crippen molar-refractivity contribution in [2.45, 2.75) is 31.3 Å². The number of hydrogen-bond donors (Lipinski definition) is 2. The van der Waals surface area contributed by atoms with Crippen LogP contribution in [0.5, 0.6) is 0 Å². The first-order chi connectivity index (χ1) is 11.7. The first-order valence-corrected chi connectivity index (χ1v) is 9.53. The molecule has 3 aromatic rings. The Kier molecular flexibility index (Phi) is 3.22. The van der Waals surface area contributed by atoms with E-state index in [0.717, 1.165) is 17.8 Å². The molecule has 1 aliphatic carbocycles. The molecule has 2 N–H and O–H groups in total. The lowest BCUT2D eigenvalue weighted by atomic mass is 9.85. The summed E-state index contributed by atoms with van der Waals surface area (Å²) in [6, 6.07) is 11.5. The minimum absolute atomic E-state index is 0.0932. The summed E-state index contributed by atoms with van der Waals surface area (Å²) in [5.74, 6) is 0.693. The summed E-state index contributed by atoms with van der Waals surface area (Å²) >= 11 is 1.60. The summed E-state index contributed by atoms with van der Waals surface area (Å²) in [5, 5.41) is 9.27. The molecule has 1 aromatic carbocycles. The van der Waals surface area contributed by atoms with Gasteiger partial charge >= 0.3 is 0 Å². The number of hydrogen-bond acceptors (Lipinski definition) is 3. The molecular formula is C19H21N3OS. The molecule has 2 aliphatic rings. The molecule has 2 bridgehead atoms. The zero-order chi connectivity index (χ0) is 16.3. The van der Waals surface area contributed by atoms with Crippen molar-refractivity contribution in [3.8, 4) is 0 Å². The van der Waals surface area contributed by atoms with Gasteiger partial charge in [-0.3, -0.25) is 4.79 Å². The smallest absolute Gasteiger partial charge is 0.261 e. The van der Waals surface area contributed by atoms with E-state index >= 15 is 0 Å². The number of nitrogens with zero attached hydrogens (tertiary/aromatic N) is 1. The fourth-order valence-corrected chi connectivity index (χ4v) is 5.51. The molecule has 3 unspecified atom stereocenters. The Balaban J connectivity index is 1.46. The van der Waals surface area contributed by atoms with E-state index in [1.54, 1.807) is 11.3 Å². The molecular weight excluding hydrogens is 318 g/mol. The number of carbonyl (C=O) groups is 1. The number of amides is 1. The highest BCUT2D eigenvalue weighted by Crippen LogP contribution is 2.35. The second-order valence-electron chi connectivity index (χ2n) is 7.16. The largest absolute Gasteiger partial charge is 0.348 e. The molecule has 124 valence electrons. The van der Waals surface area contributed by atoms with Crippen molar-refractivity contribution in [3.63, 3.8) is 0 Å². The highest BCUT2D eigenvalue weighted by Gasteiger charge is 2.36. The van der Waals surface area contributed by atoms with Crippen LogP contribution in [0.4, 0.5) is 0 Å². The molecule has 24 heavy (non-hydrogen) atoms. The quantitative estimate of drug-likeness (QED) is 0.753.